The molecule has 1 aliphatic heterocycles. The first-order valence-corrected chi connectivity index (χ1v) is 12.6. The van der Waals surface area contributed by atoms with Crippen LogP contribution in [0, 0.1) is 0 Å². The predicted octanol–water partition coefficient (Wildman–Crippen LogP) is 3.51. The number of carbonyl (C=O) groups is 2. The molecule has 1 amide bonds. The molecule has 4 rings (SSSR count). The average Bonchev–Trinajstić information content (AvgIpc) is 3.43. The topological polar surface area (TPSA) is 142 Å². The summed E-state index contributed by atoms with van der Waals surface area (Å²) in [5.41, 5.74) is 7.12. The second-order valence-corrected chi connectivity index (χ2v) is 10.3. The molecule has 1 atom stereocenters. The Balaban J connectivity index is 0.000000343. The van der Waals surface area contributed by atoms with Gasteiger partial charge in [0.1, 0.15) is 11.9 Å². The second kappa shape index (κ2) is 11.0. The lowest BCUT2D eigenvalue weighted by atomic mass is 10.0. The van der Waals surface area contributed by atoms with Gasteiger partial charge in [0.2, 0.25) is 10.0 Å². The Bertz CT molecular complexity index is 1300. The smallest absolute Gasteiger partial charge is 0.414 e. The molecule has 1 aliphatic rings. The maximum Gasteiger partial charge on any atom is 0.414 e. The molecule has 2 heterocycles. The zero-order chi connectivity index (χ0) is 24.9. The van der Waals surface area contributed by atoms with Crippen molar-refractivity contribution >= 4 is 51.0 Å². The van der Waals surface area contributed by atoms with Crippen LogP contribution in [-0.2, 0) is 14.8 Å². The molecular weight excluding hydrogens is 502 g/mol. The highest BCUT2D eigenvalue weighted by Gasteiger charge is 2.33. The molecule has 2 aromatic carbocycles. The molecule has 0 bridgehead atoms. The van der Waals surface area contributed by atoms with E-state index in [0.717, 1.165) is 6.29 Å². The quantitative estimate of drug-likeness (QED) is 0.471. The van der Waals surface area contributed by atoms with E-state index in [1.54, 1.807) is 48.5 Å². The lowest BCUT2D eigenvalue weighted by molar-refractivity contribution is 0.112. The van der Waals surface area contributed by atoms with E-state index in [-0.39, 0.29) is 17.5 Å². The van der Waals surface area contributed by atoms with E-state index in [2.05, 4.69) is 0 Å². The molecule has 0 spiro atoms. The summed E-state index contributed by atoms with van der Waals surface area (Å²) in [7, 11) is -2.42. The molecule has 0 aliphatic carbocycles. The highest BCUT2D eigenvalue weighted by molar-refractivity contribution is 7.89. The highest BCUT2D eigenvalue weighted by atomic mass is 35.5. The number of hydrogen-bond acceptors (Lipinski definition) is 8. The number of halogens is 1. The number of aldehydes is 1. The molecule has 0 radical (unpaired) electrons. The third-order valence-corrected chi connectivity index (χ3v) is 6.95. The Morgan fingerprint density at radius 2 is 1.97 bits per heavy atom. The number of anilines is 1. The maximum atomic E-state index is 12.0. The molecule has 12 heteroatoms. The predicted molar refractivity (Wildman–Crippen MR) is 131 cm³/mol. The Kier molecular flexibility index (Phi) is 8.28. The summed E-state index contributed by atoms with van der Waals surface area (Å²) >= 11 is 6.78. The molecule has 3 aromatic rings. The Morgan fingerprint density at radius 1 is 1.24 bits per heavy atom. The summed E-state index contributed by atoms with van der Waals surface area (Å²) in [6, 6.07) is 14.8. The third-order valence-electron chi connectivity index (χ3n) is 4.82. The van der Waals surface area contributed by atoms with Crippen LogP contribution in [-0.4, -0.2) is 47.1 Å². The van der Waals surface area contributed by atoms with E-state index >= 15 is 0 Å². The van der Waals surface area contributed by atoms with Crippen molar-refractivity contribution in [3.63, 3.8) is 0 Å². The minimum atomic E-state index is -3.89. The van der Waals surface area contributed by atoms with Crippen LogP contribution in [0.1, 0.15) is 9.67 Å². The number of carbonyl (C=O) groups excluding carboxylic acids is 2. The molecule has 4 N–H and O–H groups in total. The summed E-state index contributed by atoms with van der Waals surface area (Å²) in [5.74, 6) is 0.404. The number of methoxy groups -OCH3 is 1. The van der Waals surface area contributed by atoms with Crippen LogP contribution in [0.15, 0.2) is 59.5 Å². The van der Waals surface area contributed by atoms with E-state index in [9.17, 15) is 18.0 Å². The van der Waals surface area contributed by atoms with Gasteiger partial charge in [0.05, 0.1) is 33.5 Å². The number of nitrogens with two attached hydrogens (primary N) is 2. The molecule has 1 fully saturated rings. The van der Waals surface area contributed by atoms with E-state index in [0.29, 0.717) is 38.3 Å². The zero-order valence-electron chi connectivity index (χ0n) is 18.0. The van der Waals surface area contributed by atoms with Crippen molar-refractivity contribution in [2.45, 2.75) is 11.0 Å². The molecule has 0 saturated carbocycles. The van der Waals surface area contributed by atoms with E-state index < -0.39 is 16.1 Å². The van der Waals surface area contributed by atoms with Gasteiger partial charge in [-0.25, -0.2) is 18.4 Å². The number of sulfonamides is 1. The van der Waals surface area contributed by atoms with Crippen molar-refractivity contribution in [2.24, 2.45) is 10.9 Å². The Morgan fingerprint density at radius 3 is 2.50 bits per heavy atom. The van der Waals surface area contributed by atoms with Gasteiger partial charge < -0.3 is 15.2 Å². The van der Waals surface area contributed by atoms with Gasteiger partial charge in [-0.2, -0.15) is 0 Å². The fourth-order valence-electron chi connectivity index (χ4n) is 3.25. The number of nitrogens with zero attached hydrogens (tertiary/aromatic N) is 1. The van der Waals surface area contributed by atoms with Gasteiger partial charge in [-0.05, 0) is 35.9 Å². The first-order valence-electron chi connectivity index (χ1n) is 9.87. The molecule has 180 valence electrons. The third kappa shape index (κ3) is 5.93. The Hall–Kier alpha value is -2.96. The molecule has 34 heavy (non-hydrogen) atoms. The SMILES string of the molecule is COc1cc(-c2ccccc2S(N)(=O)=O)ccc1N1CC(CN)OC1=O.O=Cc1ccc(Cl)s1. The number of hydrogen-bond donors (Lipinski definition) is 2. The average molecular weight is 524 g/mol. The number of primary sulfonamides is 1. The lowest BCUT2D eigenvalue weighted by Gasteiger charge is -2.18. The van der Waals surface area contributed by atoms with Crippen LogP contribution in [0.4, 0.5) is 10.5 Å². The van der Waals surface area contributed by atoms with Crippen LogP contribution >= 0.6 is 22.9 Å². The summed E-state index contributed by atoms with van der Waals surface area (Å²) in [6.07, 6.45) is -0.0947. The first kappa shape index (κ1) is 25.7. The van der Waals surface area contributed by atoms with Crippen molar-refractivity contribution in [3.8, 4) is 16.9 Å². The standard InChI is InChI=1S/C17H19N3O5S.C5H3ClOS/c1-24-15-8-11(13-4-2-3-5-16(13)26(19,22)23)6-7-14(15)20-10-12(9-18)25-17(20)21;6-5-2-1-4(3-7)8-5/h2-8,12H,9-10,18H2,1H3,(H2,19,22,23);1-3H. The molecule has 1 saturated heterocycles. The van der Waals surface area contributed by atoms with Gasteiger partial charge in [-0.1, -0.05) is 35.9 Å². The number of thiophene rings is 1. The van der Waals surface area contributed by atoms with Crippen LogP contribution in [0.2, 0.25) is 4.34 Å². The van der Waals surface area contributed by atoms with Crippen molar-refractivity contribution in [3.05, 3.63) is 63.8 Å². The maximum absolute atomic E-state index is 12.0. The lowest BCUT2D eigenvalue weighted by Crippen LogP contribution is -2.27. The molecule has 1 aromatic heterocycles. The van der Waals surface area contributed by atoms with E-state index in [1.165, 1.54) is 29.4 Å². The summed E-state index contributed by atoms with van der Waals surface area (Å²) in [4.78, 5) is 24.1. The molecule has 9 nitrogen and oxygen atoms in total. The normalized spacial score (nSPS) is 15.4. The fraction of sp³-hybridized carbons (Fsp3) is 0.182. The zero-order valence-corrected chi connectivity index (χ0v) is 20.4. The van der Waals surface area contributed by atoms with Crippen LogP contribution in [0.25, 0.3) is 11.1 Å². The van der Waals surface area contributed by atoms with Crippen molar-refractivity contribution < 1.29 is 27.5 Å². The van der Waals surface area contributed by atoms with Crippen LogP contribution < -0.4 is 20.5 Å². The van der Waals surface area contributed by atoms with Gasteiger partial charge in [0, 0.05) is 12.1 Å². The number of benzene rings is 2. The monoisotopic (exact) mass is 523 g/mol. The number of amides is 1. The van der Waals surface area contributed by atoms with E-state index in [1.807, 2.05) is 0 Å². The number of ether oxygens (including phenoxy) is 2. The van der Waals surface area contributed by atoms with Gasteiger partial charge in [0.15, 0.2) is 6.29 Å². The van der Waals surface area contributed by atoms with Crippen molar-refractivity contribution in [1.29, 1.82) is 0 Å². The Labute approximate surface area is 205 Å². The van der Waals surface area contributed by atoms with Gasteiger partial charge >= 0.3 is 6.09 Å². The van der Waals surface area contributed by atoms with Gasteiger partial charge in [-0.3, -0.25) is 9.69 Å². The van der Waals surface area contributed by atoms with Crippen molar-refractivity contribution in [2.75, 3.05) is 25.1 Å². The number of cyclic esters (lactones) is 1. The van der Waals surface area contributed by atoms with Gasteiger partial charge in [-0.15, -0.1) is 11.3 Å². The van der Waals surface area contributed by atoms with Gasteiger partial charge in [0.25, 0.3) is 0 Å². The highest BCUT2D eigenvalue weighted by Crippen LogP contribution is 2.37. The number of rotatable bonds is 6. The van der Waals surface area contributed by atoms with E-state index in [4.69, 9.17) is 31.9 Å². The minimum Gasteiger partial charge on any atom is -0.495 e. The fourth-order valence-corrected chi connectivity index (χ4v) is 4.89. The minimum absolute atomic E-state index is 0.0126. The second-order valence-electron chi connectivity index (χ2n) is 7.04. The summed E-state index contributed by atoms with van der Waals surface area (Å²) < 4.78 is 34.9. The van der Waals surface area contributed by atoms with Crippen LogP contribution in [0.3, 0.4) is 0 Å². The largest absolute Gasteiger partial charge is 0.495 e. The molecular formula is C22H22ClN3O6S2. The van der Waals surface area contributed by atoms with Crippen molar-refractivity contribution in [1.82, 2.24) is 0 Å². The summed E-state index contributed by atoms with van der Waals surface area (Å²) in [5, 5.41) is 5.30. The molecule has 1 unspecified atom stereocenters. The van der Waals surface area contributed by atoms with Crippen LogP contribution in [0.5, 0.6) is 5.75 Å². The summed E-state index contributed by atoms with van der Waals surface area (Å²) in [6.45, 7) is 0.545. The first-order chi connectivity index (χ1) is 16.2.